The third-order valence-corrected chi connectivity index (χ3v) is 2.92. The molecule has 0 amide bonds. The second-order valence-corrected chi connectivity index (χ2v) is 4.79. The molecule has 0 heterocycles. The maximum atomic E-state index is 5.38. The highest BCUT2D eigenvalue weighted by molar-refractivity contribution is 7.80. The summed E-state index contributed by atoms with van der Waals surface area (Å²) in [4.78, 5) is 1.04. The summed E-state index contributed by atoms with van der Waals surface area (Å²) in [5, 5.41) is 0. The molecular weight excluding hydrogens is 226 g/mol. The molecule has 0 aliphatic rings. The van der Waals surface area contributed by atoms with Crippen LogP contribution in [0.25, 0.3) is 0 Å². The average molecular weight is 249 g/mol. The van der Waals surface area contributed by atoms with Gasteiger partial charge in [0.25, 0.3) is 0 Å². The molecule has 0 saturated heterocycles. The first kappa shape index (κ1) is 15.9. The first-order valence-corrected chi connectivity index (χ1v) is 6.14. The molecule has 0 fully saturated rings. The third kappa shape index (κ3) is 6.90. The van der Waals surface area contributed by atoms with Gasteiger partial charge in [-0.05, 0) is 49.4 Å². The van der Waals surface area contributed by atoms with Crippen molar-refractivity contribution in [3.8, 4) is 0 Å². The van der Waals surface area contributed by atoms with Gasteiger partial charge in [-0.25, -0.2) is 0 Å². The van der Waals surface area contributed by atoms with Gasteiger partial charge in [0.2, 0.25) is 0 Å². The zero-order valence-corrected chi connectivity index (χ0v) is 11.9. The second-order valence-electron chi connectivity index (χ2n) is 4.27. The van der Waals surface area contributed by atoms with Crippen molar-refractivity contribution < 1.29 is 0 Å². The van der Waals surface area contributed by atoms with Crippen LogP contribution < -0.4 is 5.73 Å². The van der Waals surface area contributed by atoms with Gasteiger partial charge in [-0.2, -0.15) is 0 Å². The van der Waals surface area contributed by atoms with Crippen molar-refractivity contribution in [1.29, 1.82) is 0 Å². The summed E-state index contributed by atoms with van der Waals surface area (Å²) in [6.07, 6.45) is 2.78. The van der Waals surface area contributed by atoms with Gasteiger partial charge in [-0.1, -0.05) is 25.6 Å². The lowest BCUT2D eigenvalue weighted by Crippen LogP contribution is -2.05. The summed E-state index contributed by atoms with van der Waals surface area (Å²) in [5.74, 6) is 0.382. The van der Waals surface area contributed by atoms with E-state index in [0.717, 1.165) is 17.0 Å². The minimum Gasteiger partial charge on any atom is -0.402 e. The number of thiol groups is 1. The maximum Gasteiger partial charge on any atom is 0.00428 e. The molecule has 2 heteroatoms. The number of hydrogen-bond donors (Lipinski definition) is 2. The van der Waals surface area contributed by atoms with Gasteiger partial charge in [0.1, 0.15) is 0 Å². The van der Waals surface area contributed by atoms with E-state index in [1.54, 1.807) is 0 Å². The smallest absolute Gasteiger partial charge is 0.00428 e. The Morgan fingerprint density at radius 2 is 2.00 bits per heavy atom. The molecule has 1 atom stereocenters. The highest BCUT2D eigenvalue weighted by Gasteiger charge is 1.97. The molecule has 17 heavy (non-hydrogen) atoms. The SMILES string of the molecule is C=CCC(C)C(=C)N.Cc1ccc(S)cc1C. The Hall–Kier alpha value is -1.15. The lowest BCUT2D eigenvalue weighted by Gasteiger charge is -2.04. The Labute approximate surface area is 111 Å². The molecule has 0 spiro atoms. The second kappa shape index (κ2) is 8.02. The van der Waals surface area contributed by atoms with Gasteiger partial charge in [0.05, 0.1) is 0 Å². The van der Waals surface area contributed by atoms with Crippen LogP contribution in [0.3, 0.4) is 0 Å². The Bertz CT molecular complexity index is 383. The van der Waals surface area contributed by atoms with Crippen LogP contribution in [0, 0.1) is 19.8 Å². The van der Waals surface area contributed by atoms with E-state index >= 15 is 0 Å². The summed E-state index contributed by atoms with van der Waals surface area (Å²) >= 11 is 4.20. The van der Waals surface area contributed by atoms with Crippen molar-refractivity contribution in [3.63, 3.8) is 0 Å². The van der Waals surface area contributed by atoms with Gasteiger partial charge in [0, 0.05) is 10.6 Å². The molecule has 0 radical (unpaired) electrons. The van der Waals surface area contributed by atoms with Crippen LogP contribution in [0.5, 0.6) is 0 Å². The minimum atomic E-state index is 0.382. The van der Waals surface area contributed by atoms with Crippen LogP contribution in [0.4, 0.5) is 0 Å². The quantitative estimate of drug-likeness (QED) is 0.607. The monoisotopic (exact) mass is 249 g/mol. The van der Waals surface area contributed by atoms with E-state index in [1.165, 1.54) is 11.1 Å². The summed E-state index contributed by atoms with van der Waals surface area (Å²) in [6.45, 7) is 13.4. The molecule has 2 N–H and O–H groups in total. The first-order valence-electron chi connectivity index (χ1n) is 5.69. The predicted octanol–water partition coefficient (Wildman–Crippen LogP) is 4.26. The van der Waals surface area contributed by atoms with Crippen molar-refractivity contribution in [1.82, 2.24) is 0 Å². The van der Waals surface area contributed by atoms with E-state index in [9.17, 15) is 0 Å². The fraction of sp³-hybridized carbons (Fsp3) is 0.333. The van der Waals surface area contributed by atoms with Gasteiger partial charge in [-0.15, -0.1) is 19.2 Å². The molecule has 0 aromatic heterocycles. The largest absolute Gasteiger partial charge is 0.402 e. The van der Waals surface area contributed by atoms with Crippen LogP contribution in [-0.4, -0.2) is 0 Å². The number of rotatable bonds is 3. The van der Waals surface area contributed by atoms with Gasteiger partial charge in [-0.3, -0.25) is 0 Å². The fourth-order valence-electron chi connectivity index (χ4n) is 1.13. The normalized spacial score (nSPS) is 11.1. The lowest BCUT2D eigenvalue weighted by atomic mass is 10.1. The van der Waals surface area contributed by atoms with E-state index in [2.05, 4.69) is 51.8 Å². The Morgan fingerprint density at radius 3 is 2.29 bits per heavy atom. The maximum absolute atomic E-state index is 5.38. The molecule has 1 aromatic rings. The summed E-state index contributed by atoms with van der Waals surface area (Å²) in [5.41, 5.74) is 8.75. The third-order valence-electron chi connectivity index (χ3n) is 2.64. The number of nitrogens with two attached hydrogens (primary N) is 1. The molecule has 1 aromatic carbocycles. The Balaban J connectivity index is 0.000000304. The van der Waals surface area contributed by atoms with Crippen molar-refractivity contribution in [2.45, 2.75) is 32.1 Å². The van der Waals surface area contributed by atoms with E-state index in [0.29, 0.717) is 5.92 Å². The molecule has 1 unspecified atom stereocenters. The van der Waals surface area contributed by atoms with Crippen LogP contribution in [-0.2, 0) is 0 Å². The highest BCUT2D eigenvalue weighted by Crippen LogP contribution is 2.11. The van der Waals surface area contributed by atoms with Crippen molar-refractivity contribution >= 4 is 12.6 Å². The van der Waals surface area contributed by atoms with Crippen LogP contribution >= 0.6 is 12.6 Å². The van der Waals surface area contributed by atoms with E-state index in [-0.39, 0.29) is 0 Å². The van der Waals surface area contributed by atoms with Gasteiger partial charge in [0.15, 0.2) is 0 Å². The predicted molar refractivity (Wildman–Crippen MR) is 80.5 cm³/mol. The molecule has 1 rings (SSSR count). The summed E-state index contributed by atoms with van der Waals surface area (Å²) in [7, 11) is 0. The zero-order chi connectivity index (χ0) is 13.4. The topological polar surface area (TPSA) is 26.0 Å². The Kier molecular flexibility index (Phi) is 7.47. The molecule has 0 bridgehead atoms. The van der Waals surface area contributed by atoms with Crippen molar-refractivity contribution in [2.75, 3.05) is 0 Å². The van der Waals surface area contributed by atoms with Crippen molar-refractivity contribution in [3.05, 3.63) is 54.3 Å². The number of allylic oxidation sites excluding steroid dienone is 2. The fourth-order valence-corrected chi connectivity index (χ4v) is 1.40. The van der Waals surface area contributed by atoms with Crippen LogP contribution in [0.15, 0.2) is 48.0 Å². The Morgan fingerprint density at radius 1 is 1.41 bits per heavy atom. The van der Waals surface area contributed by atoms with Gasteiger partial charge < -0.3 is 5.73 Å². The molecule has 94 valence electrons. The average Bonchev–Trinajstić information content (AvgIpc) is 2.25. The standard InChI is InChI=1S/C8H10S.C7H13N/c1-6-3-4-8(9)5-7(6)2;1-4-5-6(2)7(3)8/h3-5,9H,1-2H3;4,6H,1,3,5,8H2,2H3. The summed E-state index contributed by atoms with van der Waals surface area (Å²) < 4.78 is 0. The first-order chi connectivity index (χ1) is 7.88. The number of benzene rings is 1. The lowest BCUT2D eigenvalue weighted by molar-refractivity contribution is 0.690. The van der Waals surface area contributed by atoms with Crippen LogP contribution in [0.1, 0.15) is 24.5 Å². The zero-order valence-electron chi connectivity index (χ0n) is 11.0. The van der Waals surface area contributed by atoms with E-state index < -0.39 is 0 Å². The highest BCUT2D eigenvalue weighted by atomic mass is 32.1. The molecule has 1 nitrogen and oxygen atoms in total. The van der Waals surface area contributed by atoms with E-state index in [1.807, 2.05) is 19.1 Å². The molecule has 0 aliphatic heterocycles. The summed E-state index contributed by atoms with van der Waals surface area (Å²) in [6, 6.07) is 6.15. The van der Waals surface area contributed by atoms with Gasteiger partial charge >= 0.3 is 0 Å². The molecular formula is C15H23NS. The number of hydrogen-bond acceptors (Lipinski definition) is 2. The van der Waals surface area contributed by atoms with E-state index in [4.69, 9.17) is 5.73 Å². The number of aryl methyl sites for hydroxylation is 2. The van der Waals surface area contributed by atoms with Crippen LogP contribution in [0.2, 0.25) is 0 Å². The minimum absolute atomic E-state index is 0.382. The molecule has 0 aliphatic carbocycles. The van der Waals surface area contributed by atoms with Crippen molar-refractivity contribution in [2.24, 2.45) is 11.7 Å². The molecule has 0 saturated carbocycles.